The Morgan fingerprint density at radius 2 is 1.44 bits per heavy atom. The number of hydrogen-bond acceptors (Lipinski definition) is 4. The van der Waals surface area contributed by atoms with E-state index in [1.54, 1.807) is 24.3 Å². The Hall–Kier alpha value is -4.13. The Balaban J connectivity index is 1.41. The highest BCUT2D eigenvalue weighted by atomic mass is 16.5. The highest BCUT2D eigenvalue weighted by Gasteiger charge is 2.29. The van der Waals surface area contributed by atoms with Crippen LogP contribution in [0.4, 0.5) is 4.79 Å². The molecule has 7 heteroatoms. The molecule has 4 rings (SSSR count). The Morgan fingerprint density at radius 1 is 0.882 bits per heavy atom. The molecule has 1 aliphatic rings. The summed E-state index contributed by atoms with van der Waals surface area (Å²) in [4.78, 5) is 36.4. The Labute approximate surface area is 197 Å². The summed E-state index contributed by atoms with van der Waals surface area (Å²) in [5.41, 5.74) is 5.17. The fraction of sp³-hybridized carbons (Fsp3) is 0.222. The lowest BCUT2D eigenvalue weighted by Gasteiger charge is -2.20. The van der Waals surface area contributed by atoms with Crippen LogP contribution in [-0.4, -0.2) is 42.3 Å². The van der Waals surface area contributed by atoms with Crippen molar-refractivity contribution in [3.05, 3.63) is 95.6 Å². The van der Waals surface area contributed by atoms with Gasteiger partial charge in [0.05, 0.1) is 5.92 Å². The topological polar surface area (TPSA) is 105 Å². The fourth-order valence-electron chi connectivity index (χ4n) is 4.26. The summed E-state index contributed by atoms with van der Waals surface area (Å²) in [6.07, 6.45) is -0.637. The average Bonchev–Trinajstić information content (AvgIpc) is 3.17. The monoisotopic (exact) mass is 458 g/mol. The molecule has 1 aliphatic carbocycles. The third-order valence-corrected chi connectivity index (χ3v) is 6.04. The molecule has 174 valence electrons. The molecular weight excluding hydrogens is 432 g/mol. The van der Waals surface area contributed by atoms with E-state index in [-0.39, 0.29) is 19.1 Å². The number of alkyl carbamates (subject to hydrolysis) is 1. The molecule has 0 bridgehead atoms. The van der Waals surface area contributed by atoms with Gasteiger partial charge in [0.1, 0.15) is 12.6 Å². The van der Waals surface area contributed by atoms with E-state index in [4.69, 9.17) is 9.84 Å². The predicted octanol–water partition coefficient (Wildman–Crippen LogP) is 3.90. The van der Waals surface area contributed by atoms with E-state index < -0.39 is 29.9 Å². The first kappa shape index (κ1) is 23.0. The lowest BCUT2D eigenvalue weighted by Crippen LogP contribution is -2.44. The van der Waals surface area contributed by atoms with E-state index in [0.29, 0.717) is 5.56 Å². The SMILES string of the molecule is CC(NC(=O)C(CNC(=O)OCC1c2ccccc2-c2ccccc21)c1ccccc1)C(=O)O. The maximum Gasteiger partial charge on any atom is 0.407 e. The molecule has 2 unspecified atom stereocenters. The number of rotatable bonds is 8. The van der Waals surface area contributed by atoms with Gasteiger partial charge in [-0.15, -0.1) is 0 Å². The van der Waals surface area contributed by atoms with Crippen LogP contribution in [0.3, 0.4) is 0 Å². The van der Waals surface area contributed by atoms with Crippen molar-refractivity contribution in [2.24, 2.45) is 0 Å². The van der Waals surface area contributed by atoms with E-state index in [1.807, 2.05) is 42.5 Å². The number of carbonyl (C=O) groups excluding carboxylic acids is 2. The minimum atomic E-state index is -1.13. The number of nitrogens with one attached hydrogen (secondary N) is 2. The Morgan fingerprint density at radius 3 is 2.03 bits per heavy atom. The standard InChI is InChI=1S/C27H26N2O5/c1-17(26(31)32)29-25(30)23(18-9-3-2-4-10-18)15-28-27(33)34-16-24-21-13-7-5-11-19(21)20-12-6-8-14-22(20)24/h2-14,17,23-24H,15-16H2,1H3,(H,28,33)(H,29,30)(H,31,32). The second-order valence-corrected chi connectivity index (χ2v) is 8.24. The van der Waals surface area contributed by atoms with Crippen molar-refractivity contribution in [2.75, 3.05) is 13.2 Å². The van der Waals surface area contributed by atoms with Crippen LogP contribution in [0.1, 0.15) is 35.4 Å². The number of fused-ring (bicyclic) bond motifs is 3. The van der Waals surface area contributed by atoms with Crippen molar-refractivity contribution in [2.45, 2.75) is 24.8 Å². The van der Waals surface area contributed by atoms with Gasteiger partial charge in [0.25, 0.3) is 0 Å². The minimum Gasteiger partial charge on any atom is -0.480 e. The molecule has 0 heterocycles. The summed E-state index contributed by atoms with van der Waals surface area (Å²) in [7, 11) is 0. The van der Waals surface area contributed by atoms with Crippen molar-refractivity contribution in [1.29, 1.82) is 0 Å². The normalized spacial score (nSPS) is 13.8. The molecule has 3 aromatic rings. The minimum absolute atomic E-state index is 0.0289. The first-order valence-corrected chi connectivity index (χ1v) is 11.1. The molecule has 0 saturated carbocycles. The molecule has 2 atom stereocenters. The molecule has 3 N–H and O–H groups in total. The van der Waals surface area contributed by atoms with Crippen LogP contribution in [-0.2, 0) is 14.3 Å². The number of carbonyl (C=O) groups is 3. The summed E-state index contributed by atoms with van der Waals surface area (Å²) in [5, 5.41) is 14.2. The first-order chi connectivity index (χ1) is 16.5. The van der Waals surface area contributed by atoms with Gasteiger partial charge in [-0.3, -0.25) is 9.59 Å². The van der Waals surface area contributed by atoms with E-state index in [9.17, 15) is 14.4 Å². The van der Waals surface area contributed by atoms with E-state index in [0.717, 1.165) is 22.3 Å². The summed E-state index contributed by atoms with van der Waals surface area (Å²) >= 11 is 0. The maximum absolute atomic E-state index is 12.7. The first-order valence-electron chi connectivity index (χ1n) is 11.1. The zero-order valence-corrected chi connectivity index (χ0v) is 18.7. The van der Waals surface area contributed by atoms with Gasteiger partial charge < -0.3 is 20.5 Å². The van der Waals surface area contributed by atoms with Crippen LogP contribution in [0.25, 0.3) is 11.1 Å². The molecule has 0 saturated heterocycles. The van der Waals surface area contributed by atoms with Crippen molar-refractivity contribution < 1.29 is 24.2 Å². The van der Waals surface area contributed by atoms with Crippen LogP contribution in [0.2, 0.25) is 0 Å². The number of hydrogen-bond donors (Lipinski definition) is 3. The largest absolute Gasteiger partial charge is 0.480 e. The Kier molecular flexibility index (Phi) is 6.92. The average molecular weight is 459 g/mol. The quantitative estimate of drug-likeness (QED) is 0.475. The molecule has 0 spiro atoms. The molecule has 3 aromatic carbocycles. The zero-order chi connectivity index (χ0) is 24.1. The molecule has 2 amide bonds. The van der Waals surface area contributed by atoms with E-state index >= 15 is 0 Å². The third-order valence-electron chi connectivity index (χ3n) is 6.04. The molecule has 0 aliphatic heterocycles. The van der Waals surface area contributed by atoms with Crippen LogP contribution in [0.5, 0.6) is 0 Å². The fourth-order valence-corrected chi connectivity index (χ4v) is 4.26. The summed E-state index contributed by atoms with van der Waals surface area (Å²) in [6, 6.07) is 24.0. The highest BCUT2D eigenvalue weighted by Crippen LogP contribution is 2.44. The Bertz CT molecular complexity index is 1150. The molecule has 0 aromatic heterocycles. The number of benzene rings is 3. The highest BCUT2D eigenvalue weighted by molar-refractivity contribution is 5.88. The van der Waals surface area contributed by atoms with Crippen LogP contribution >= 0.6 is 0 Å². The van der Waals surface area contributed by atoms with Crippen LogP contribution in [0.15, 0.2) is 78.9 Å². The number of carboxylic acids is 1. The summed E-state index contributed by atoms with van der Waals surface area (Å²) in [5.74, 6) is -2.45. The van der Waals surface area contributed by atoms with Gasteiger partial charge in [-0.05, 0) is 34.7 Å². The third kappa shape index (κ3) is 4.93. The zero-order valence-electron chi connectivity index (χ0n) is 18.7. The van der Waals surface area contributed by atoms with Gasteiger partial charge in [-0.1, -0.05) is 78.9 Å². The van der Waals surface area contributed by atoms with Gasteiger partial charge >= 0.3 is 12.1 Å². The summed E-state index contributed by atoms with van der Waals surface area (Å²) in [6.45, 7) is 1.53. The number of carboxylic acid groups (broad SMARTS) is 1. The molecular formula is C27H26N2O5. The smallest absolute Gasteiger partial charge is 0.407 e. The van der Waals surface area contributed by atoms with Crippen molar-refractivity contribution in [3.63, 3.8) is 0 Å². The molecule has 7 nitrogen and oxygen atoms in total. The van der Waals surface area contributed by atoms with Gasteiger partial charge in [-0.25, -0.2) is 4.79 Å². The van der Waals surface area contributed by atoms with E-state index in [2.05, 4.69) is 22.8 Å². The molecule has 34 heavy (non-hydrogen) atoms. The molecule has 0 radical (unpaired) electrons. The van der Waals surface area contributed by atoms with Crippen molar-refractivity contribution in [1.82, 2.24) is 10.6 Å². The number of aliphatic carboxylic acids is 1. The number of ether oxygens (including phenoxy) is 1. The van der Waals surface area contributed by atoms with Gasteiger partial charge in [0.2, 0.25) is 5.91 Å². The van der Waals surface area contributed by atoms with Crippen molar-refractivity contribution in [3.8, 4) is 11.1 Å². The maximum atomic E-state index is 12.7. The predicted molar refractivity (Wildman–Crippen MR) is 127 cm³/mol. The molecule has 0 fully saturated rings. The lowest BCUT2D eigenvalue weighted by atomic mass is 9.97. The van der Waals surface area contributed by atoms with Gasteiger partial charge in [0, 0.05) is 12.5 Å². The van der Waals surface area contributed by atoms with Crippen molar-refractivity contribution >= 4 is 18.0 Å². The number of amides is 2. The van der Waals surface area contributed by atoms with Gasteiger partial charge in [-0.2, -0.15) is 0 Å². The van der Waals surface area contributed by atoms with Crippen LogP contribution < -0.4 is 10.6 Å². The second-order valence-electron chi connectivity index (χ2n) is 8.24. The second kappa shape index (κ2) is 10.2. The van der Waals surface area contributed by atoms with Crippen LogP contribution in [0, 0.1) is 0 Å². The van der Waals surface area contributed by atoms with E-state index in [1.165, 1.54) is 6.92 Å². The summed E-state index contributed by atoms with van der Waals surface area (Å²) < 4.78 is 5.55. The van der Waals surface area contributed by atoms with Gasteiger partial charge in [0.15, 0.2) is 0 Å². The lowest BCUT2D eigenvalue weighted by molar-refractivity contribution is -0.141.